The molecule has 1 amide bonds. The summed E-state index contributed by atoms with van der Waals surface area (Å²) in [6.07, 6.45) is -4.95. The first kappa shape index (κ1) is 39.3. The van der Waals surface area contributed by atoms with Crippen molar-refractivity contribution in [3.05, 3.63) is 82.3 Å². The van der Waals surface area contributed by atoms with Crippen molar-refractivity contribution < 1.29 is 40.6 Å². The maximum atomic E-state index is 15.0. The van der Waals surface area contributed by atoms with Crippen LogP contribution >= 0.6 is 23.3 Å². The molecule has 1 aliphatic carbocycles. The van der Waals surface area contributed by atoms with Gasteiger partial charge < -0.3 is 20.5 Å². The highest BCUT2D eigenvalue weighted by molar-refractivity contribution is 7.99. The number of hydrogen-bond donors (Lipinski definition) is 4. The Balaban J connectivity index is 1.39. The lowest BCUT2D eigenvalue weighted by Gasteiger charge is -2.23. The topological polar surface area (TPSA) is 135 Å². The number of para-hydroxylation sites is 1. The number of aliphatic hydroxyl groups is 1. The number of nitrogens with zero attached hydrogens (tertiary/aromatic N) is 6. The first-order chi connectivity index (χ1) is 26.3. The van der Waals surface area contributed by atoms with Crippen molar-refractivity contribution in [1.82, 2.24) is 34.8 Å². The highest BCUT2D eigenvalue weighted by Gasteiger charge is 2.50. The van der Waals surface area contributed by atoms with E-state index in [9.17, 15) is 40.6 Å². The van der Waals surface area contributed by atoms with Gasteiger partial charge in [0, 0.05) is 54.4 Å². The summed E-state index contributed by atoms with van der Waals surface area (Å²) >= 11 is 2.56. The SMILES string of the molecule is CSNc1nn(C)c2c(-c3cc4sc(NCC(C)(C)O)nc4nc3C(Cc3cc(F)cc(F)c3)NC(=O)Cn3nc(C(F)(F)F)c4c3C(F)(F)CC4)cccc12. The van der Waals surface area contributed by atoms with Crippen molar-refractivity contribution >= 4 is 61.4 Å². The Morgan fingerprint density at radius 3 is 2.48 bits per heavy atom. The molecular weight excluding hydrogens is 788 g/mol. The predicted octanol–water partition coefficient (Wildman–Crippen LogP) is 7.75. The van der Waals surface area contributed by atoms with E-state index in [1.54, 1.807) is 43.8 Å². The van der Waals surface area contributed by atoms with Gasteiger partial charge in [0.05, 0.1) is 27.6 Å². The number of carbonyl (C=O) groups excluding carboxylic acids is 1. The first-order valence-electron chi connectivity index (χ1n) is 17.1. The summed E-state index contributed by atoms with van der Waals surface area (Å²) in [6, 6.07) is 8.73. The zero-order chi connectivity index (χ0) is 40.3. The van der Waals surface area contributed by atoms with E-state index >= 15 is 0 Å². The van der Waals surface area contributed by atoms with E-state index in [1.807, 2.05) is 12.3 Å². The van der Waals surface area contributed by atoms with E-state index in [2.05, 4.69) is 30.5 Å². The number of rotatable bonds is 12. The quantitative estimate of drug-likeness (QED) is 0.0723. The number of nitrogens with one attached hydrogen (secondary N) is 3. The maximum Gasteiger partial charge on any atom is 0.435 e. The number of thiazole rings is 1. The lowest BCUT2D eigenvalue weighted by atomic mass is 9.94. The predicted molar refractivity (Wildman–Crippen MR) is 199 cm³/mol. The molecule has 4 aromatic heterocycles. The van der Waals surface area contributed by atoms with Crippen LogP contribution in [0.25, 0.3) is 32.4 Å². The monoisotopic (exact) mass is 821 g/mol. The number of aryl methyl sites for hydroxylation is 1. The molecule has 0 bridgehead atoms. The van der Waals surface area contributed by atoms with Crippen LogP contribution in [0.1, 0.15) is 54.5 Å². The number of alkyl halides is 5. The third-order valence-corrected chi connectivity index (χ3v) is 10.5. The molecule has 0 aliphatic heterocycles. The van der Waals surface area contributed by atoms with Crippen molar-refractivity contribution in [2.45, 2.75) is 63.4 Å². The van der Waals surface area contributed by atoms with Gasteiger partial charge >= 0.3 is 6.18 Å². The lowest BCUT2D eigenvalue weighted by Crippen LogP contribution is -2.35. The molecule has 7 rings (SSSR count). The highest BCUT2D eigenvalue weighted by Crippen LogP contribution is 2.46. The van der Waals surface area contributed by atoms with Gasteiger partial charge in [-0.1, -0.05) is 35.4 Å². The van der Waals surface area contributed by atoms with Crippen LogP contribution in [0.4, 0.5) is 41.7 Å². The number of aromatic nitrogens is 6. The van der Waals surface area contributed by atoms with Gasteiger partial charge in [0.2, 0.25) is 5.91 Å². The Bertz CT molecular complexity index is 2450. The molecule has 6 aromatic rings. The van der Waals surface area contributed by atoms with Crippen molar-refractivity contribution in [3.8, 4) is 11.1 Å². The molecule has 4 N–H and O–H groups in total. The second-order valence-electron chi connectivity index (χ2n) is 14.0. The number of pyridine rings is 1. The average Bonchev–Trinajstić information content (AvgIpc) is 3.84. The van der Waals surface area contributed by atoms with Gasteiger partial charge in [-0.15, -0.1) is 0 Å². The molecule has 4 heterocycles. The summed E-state index contributed by atoms with van der Waals surface area (Å²) in [5.41, 5.74) is -2.14. The van der Waals surface area contributed by atoms with Crippen LogP contribution in [-0.4, -0.2) is 58.9 Å². The van der Waals surface area contributed by atoms with E-state index in [0.717, 1.165) is 17.5 Å². The lowest BCUT2D eigenvalue weighted by molar-refractivity contribution is -0.142. The van der Waals surface area contributed by atoms with Gasteiger partial charge in [-0.25, -0.2) is 18.7 Å². The van der Waals surface area contributed by atoms with Crippen LogP contribution in [0.5, 0.6) is 0 Å². The van der Waals surface area contributed by atoms with Crippen LogP contribution in [-0.2, 0) is 43.3 Å². The van der Waals surface area contributed by atoms with Crippen LogP contribution in [0.3, 0.4) is 0 Å². The minimum atomic E-state index is -5.04. The largest absolute Gasteiger partial charge is 0.435 e. The number of benzene rings is 2. The fraction of sp³-hybridized carbons (Fsp3) is 0.361. The fourth-order valence-electron chi connectivity index (χ4n) is 6.90. The Kier molecular flexibility index (Phi) is 10.2. The van der Waals surface area contributed by atoms with E-state index in [-0.39, 0.29) is 29.9 Å². The van der Waals surface area contributed by atoms with Gasteiger partial charge in [-0.3, -0.25) is 14.2 Å². The average molecular weight is 822 g/mol. The minimum absolute atomic E-state index is 0.0857. The molecule has 0 saturated heterocycles. The smallest absolute Gasteiger partial charge is 0.389 e. The second-order valence-corrected chi connectivity index (χ2v) is 15.7. The molecule has 1 unspecified atom stereocenters. The third kappa shape index (κ3) is 7.86. The van der Waals surface area contributed by atoms with Gasteiger partial charge in [-0.05, 0) is 56.5 Å². The van der Waals surface area contributed by atoms with Crippen LogP contribution in [0, 0.1) is 11.6 Å². The molecule has 11 nitrogen and oxygen atoms in total. The van der Waals surface area contributed by atoms with Crippen molar-refractivity contribution in [2.24, 2.45) is 7.05 Å². The van der Waals surface area contributed by atoms with Gasteiger partial charge in [0.1, 0.15) is 23.9 Å². The third-order valence-electron chi connectivity index (χ3n) is 9.11. The Morgan fingerprint density at radius 1 is 1.07 bits per heavy atom. The maximum absolute atomic E-state index is 15.0. The Morgan fingerprint density at radius 2 is 1.80 bits per heavy atom. The van der Waals surface area contributed by atoms with Gasteiger partial charge in [0.15, 0.2) is 22.3 Å². The summed E-state index contributed by atoms with van der Waals surface area (Å²) in [6.45, 7) is 2.34. The second kappa shape index (κ2) is 14.5. The normalized spacial score (nSPS) is 14.7. The van der Waals surface area contributed by atoms with Crippen molar-refractivity contribution in [1.29, 1.82) is 0 Å². The summed E-state index contributed by atoms with van der Waals surface area (Å²) in [5.74, 6) is -5.93. The van der Waals surface area contributed by atoms with E-state index < -0.39 is 77.6 Å². The number of amides is 1. The molecule has 56 heavy (non-hydrogen) atoms. The summed E-state index contributed by atoms with van der Waals surface area (Å²) in [4.78, 5) is 23.3. The summed E-state index contributed by atoms with van der Waals surface area (Å²) in [7, 11) is 1.73. The first-order valence-corrected chi connectivity index (χ1v) is 19.2. The summed E-state index contributed by atoms with van der Waals surface area (Å²) < 4.78 is 106. The van der Waals surface area contributed by atoms with E-state index in [4.69, 9.17) is 4.98 Å². The number of anilines is 2. The number of hydrogen-bond acceptors (Lipinski definition) is 10. The number of carbonyl (C=O) groups is 1. The molecule has 1 atom stereocenters. The van der Waals surface area contributed by atoms with E-state index in [0.29, 0.717) is 43.0 Å². The van der Waals surface area contributed by atoms with Gasteiger partial charge in [0.25, 0.3) is 5.92 Å². The molecule has 0 radical (unpaired) electrons. The minimum Gasteiger partial charge on any atom is -0.389 e. The molecule has 0 spiro atoms. The van der Waals surface area contributed by atoms with Crippen molar-refractivity contribution in [3.63, 3.8) is 0 Å². The fourth-order valence-corrected chi connectivity index (χ4v) is 8.09. The Hall–Kier alpha value is -4.95. The molecule has 296 valence electrons. The molecule has 0 fully saturated rings. The molecular formula is C36H34F7N9O2S2. The molecule has 2 aromatic carbocycles. The zero-order valence-corrected chi connectivity index (χ0v) is 31.8. The standard InChI is InChI=1S/C36H34F7N9O2S2/c1-34(2,54)16-44-33-47-32-25(56-33)14-23(20-6-5-7-21-28(20)51(3)49-31(21)50-55-4)27(46-32)24(12-17-10-18(37)13-19(38)11-17)45-26(53)15-52-30-22(8-9-35(30,39)40)29(48-52)36(41,42)43/h5-7,10-11,13-14,24,54H,8-9,12,15-16H2,1-4H3,(H,45,53)(H,49,50)(H,44,46,47). The van der Waals surface area contributed by atoms with Crippen LogP contribution < -0.4 is 15.4 Å². The van der Waals surface area contributed by atoms with Crippen LogP contribution in [0.15, 0.2) is 42.5 Å². The molecule has 1 aliphatic rings. The summed E-state index contributed by atoms with van der Waals surface area (Å²) in [5, 5.41) is 25.3. The molecule has 0 saturated carbocycles. The van der Waals surface area contributed by atoms with Crippen molar-refractivity contribution in [2.75, 3.05) is 22.8 Å². The number of halogens is 7. The molecule has 20 heteroatoms. The Labute approximate surface area is 322 Å². The van der Waals surface area contributed by atoms with E-state index in [1.165, 1.54) is 23.3 Å². The number of fused-ring (bicyclic) bond motifs is 3. The van der Waals surface area contributed by atoms with Gasteiger partial charge in [-0.2, -0.15) is 32.1 Å². The zero-order valence-electron chi connectivity index (χ0n) is 30.2. The van der Waals surface area contributed by atoms with Crippen LogP contribution in [0.2, 0.25) is 0 Å². The highest BCUT2D eigenvalue weighted by atomic mass is 32.2.